The van der Waals surface area contributed by atoms with Crippen LogP contribution in [0.5, 0.6) is 0 Å². The number of pyridine rings is 1. The summed E-state index contributed by atoms with van der Waals surface area (Å²) in [5.74, 6) is -0.444. The molecular weight excluding hydrogens is 333 g/mol. The average Bonchev–Trinajstić information content (AvgIpc) is 3.01. The second-order valence-corrected chi connectivity index (χ2v) is 6.55. The average molecular weight is 350 g/mol. The van der Waals surface area contributed by atoms with Gasteiger partial charge in [-0.05, 0) is 61.0 Å². The van der Waals surface area contributed by atoms with E-state index in [1.165, 1.54) is 17.7 Å². The Kier molecular flexibility index (Phi) is 4.78. The lowest BCUT2D eigenvalue weighted by molar-refractivity contribution is 0.408. The number of benzene rings is 1. The maximum absolute atomic E-state index is 13.2. The van der Waals surface area contributed by atoms with E-state index in [0.29, 0.717) is 10.8 Å². The van der Waals surface area contributed by atoms with Crippen LogP contribution in [0.15, 0.2) is 42.7 Å². The summed E-state index contributed by atoms with van der Waals surface area (Å²) in [6.07, 6.45) is 7.94. The molecular formula is C17H17ClFN3S. The van der Waals surface area contributed by atoms with E-state index in [1.807, 2.05) is 12.1 Å². The molecule has 6 heteroatoms. The first-order chi connectivity index (χ1) is 11.1. The van der Waals surface area contributed by atoms with Crippen molar-refractivity contribution < 1.29 is 4.39 Å². The highest BCUT2D eigenvalue weighted by atomic mass is 35.5. The first kappa shape index (κ1) is 16.1. The maximum Gasteiger partial charge on any atom is 0.171 e. The minimum absolute atomic E-state index is 0.0718. The lowest BCUT2D eigenvalue weighted by Crippen LogP contribution is -2.45. The van der Waals surface area contributed by atoms with Gasteiger partial charge in [-0.3, -0.25) is 4.98 Å². The van der Waals surface area contributed by atoms with Crippen LogP contribution in [0, 0.1) is 5.82 Å². The molecule has 2 N–H and O–H groups in total. The number of halogens is 2. The second-order valence-electron chi connectivity index (χ2n) is 5.73. The summed E-state index contributed by atoms with van der Waals surface area (Å²) in [5, 5.41) is 7.11. The van der Waals surface area contributed by atoms with Crippen molar-refractivity contribution in [2.75, 3.05) is 5.32 Å². The van der Waals surface area contributed by atoms with Crippen LogP contribution in [0.25, 0.3) is 0 Å². The molecule has 0 saturated heterocycles. The van der Waals surface area contributed by atoms with E-state index < -0.39 is 5.82 Å². The third-order valence-corrected chi connectivity index (χ3v) is 4.71. The number of hydrogen-bond acceptors (Lipinski definition) is 2. The topological polar surface area (TPSA) is 37.0 Å². The largest absolute Gasteiger partial charge is 0.353 e. The van der Waals surface area contributed by atoms with Gasteiger partial charge in [0, 0.05) is 18.1 Å². The minimum Gasteiger partial charge on any atom is -0.353 e. The van der Waals surface area contributed by atoms with Crippen molar-refractivity contribution in [3.63, 3.8) is 0 Å². The van der Waals surface area contributed by atoms with Gasteiger partial charge in [-0.25, -0.2) is 4.39 Å². The van der Waals surface area contributed by atoms with E-state index in [9.17, 15) is 4.39 Å². The van der Waals surface area contributed by atoms with Gasteiger partial charge in [0.15, 0.2) is 5.11 Å². The molecule has 0 amide bonds. The van der Waals surface area contributed by atoms with Crippen molar-refractivity contribution in [3.05, 3.63) is 59.1 Å². The summed E-state index contributed by atoms with van der Waals surface area (Å²) < 4.78 is 13.2. The Balaban J connectivity index is 1.75. The first-order valence-corrected chi connectivity index (χ1v) is 8.32. The third kappa shape index (κ3) is 3.62. The summed E-state index contributed by atoms with van der Waals surface area (Å²) in [6, 6.07) is 8.51. The molecule has 1 aliphatic carbocycles. The highest BCUT2D eigenvalue weighted by Crippen LogP contribution is 2.38. The highest BCUT2D eigenvalue weighted by Gasteiger charge is 2.36. The molecule has 1 fully saturated rings. The van der Waals surface area contributed by atoms with Crippen LogP contribution in [0.3, 0.4) is 0 Å². The monoisotopic (exact) mass is 349 g/mol. The summed E-state index contributed by atoms with van der Waals surface area (Å²) in [4.78, 5) is 4.09. The standard InChI is InChI=1S/C17H17ClFN3S/c18-14-11-13(3-4-15(14)19)21-16(23)22-17(7-1-2-8-17)12-5-9-20-10-6-12/h3-6,9-11H,1-2,7-8H2,(H2,21,22,23). The fourth-order valence-electron chi connectivity index (χ4n) is 3.09. The molecule has 0 atom stereocenters. The van der Waals surface area contributed by atoms with E-state index in [0.717, 1.165) is 25.7 Å². The fraction of sp³-hybridized carbons (Fsp3) is 0.294. The Hall–Kier alpha value is -1.72. The Morgan fingerprint density at radius 2 is 1.87 bits per heavy atom. The van der Waals surface area contributed by atoms with E-state index in [2.05, 4.69) is 15.6 Å². The van der Waals surface area contributed by atoms with Crippen molar-refractivity contribution in [2.45, 2.75) is 31.2 Å². The zero-order valence-electron chi connectivity index (χ0n) is 12.5. The number of rotatable bonds is 3. The van der Waals surface area contributed by atoms with E-state index in [-0.39, 0.29) is 10.6 Å². The van der Waals surface area contributed by atoms with Crippen molar-refractivity contribution in [3.8, 4) is 0 Å². The maximum atomic E-state index is 13.2. The molecule has 3 nitrogen and oxygen atoms in total. The van der Waals surface area contributed by atoms with Crippen molar-refractivity contribution in [1.82, 2.24) is 10.3 Å². The van der Waals surface area contributed by atoms with Gasteiger partial charge in [0.05, 0.1) is 10.6 Å². The van der Waals surface area contributed by atoms with Crippen molar-refractivity contribution in [1.29, 1.82) is 0 Å². The Bertz CT molecular complexity index is 702. The van der Waals surface area contributed by atoms with Crippen molar-refractivity contribution in [2.24, 2.45) is 0 Å². The lowest BCUT2D eigenvalue weighted by Gasteiger charge is -2.32. The molecule has 1 saturated carbocycles. The van der Waals surface area contributed by atoms with Gasteiger partial charge < -0.3 is 10.6 Å². The van der Waals surface area contributed by atoms with Gasteiger partial charge in [0.25, 0.3) is 0 Å². The number of nitrogens with one attached hydrogen (secondary N) is 2. The van der Waals surface area contributed by atoms with Crippen LogP contribution < -0.4 is 10.6 Å². The molecule has 1 aromatic heterocycles. The van der Waals surface area contributed by atoms with E-state index in [1.54, 1.807) is 18.5 Å². The minimum atomic E-state index is -0.444. The molecule has 23 heavy (non-hydrogen) atoms. The molecule has 0 unspecified atom stereocenters. The quantitative estimate of drug-likeness (QED) is 0.792. The molecule has 1 heterocycles. The van der Waals surface area contributed by atoms with Gasteiger partial charge in [0.2, 0.25) is 0 Å². The van der Waals surface area contributed by atoms with E-state index in [4.69, 9.17) is 23.8 Å². The van der Waals surface area contributed by atoms with Gasteiger partial charge in [-0.2, -0.15) is 0 Å². The predicted octanol–water partition coefficient (Wildman–Crippen LogP) is 4.63. The normalized spacial score (nSPS) is 16.1. The molecule has 2 aromatic rings. The second kappa shape index (κ2) is 6.81. The fourth-order valence-corrected chi connectivity index (χ4v) is 3.58. The smallest absolute Gasteiger partial charge is 0.171 e. The molecule has 0 radical (unpaired) electrons. The van der Waals surface area contributed by atoms with Gasteiger partial charge >= 0.3 is 0 Å². The molecule has 120 valence electrons. The number of nitrogens with zero attached hydrogens (tertiary/aromatic N) is 1. The van der Waals surface area contributed by atoms with Crippen LogP contribution in [0.1, 0.15) is 31.2 Å². The van der Waals surface area contributed by atoms with E-state index >= 15 is 0 Å². The third-order valence-electron chi connectivity index (χ3n) is 4.22. The van der Waals surface area contributed by atoms with Gasteiger partial charge in [-0.1, -0.05) is 24.4 Å². The summed E-state index contributed by atoms with van der Waals surface area (Å²) in [5.41, 5.74) is 1.68. The first-order valence-electron chi connectivity index (χ1n) is 7.54. The molecule has 0 bridgehead atoms. The van der Waals surface area contributed by atoms with Crippen LogP contribution in [0.4, 0.5) is 10.1 Å². The van der Waals surface area contributed by atoms with Crippen molar-refractivity contribution >= 4 is 34.6 Å². The Morgan fingerprint density at radius 1 is 1.17 bits per heavy atom. The zero-order chi connectivity index (χ0) is 16.3. The lowest BCUT2D eigenvalue weighted by atomic mass is 9.89. The number of aromatic nitrogens is 1. The van der Waals surface area contributed by atoms with Crippen LogP contribution in [-0.4, -0.2) is 10.1 Å². The summed E-state index contributed by atoms with van der Waals surface area (Å²) in [6.45, 7) is 0. The highest BCUT2D eigenvalue weighted by molar-refractivity contribution is 7.80. The molecule has 1 aliphatic rings. The summed E-state index contributed by atoms with van der Waals surface area (Å²) in [7, 11) is 0. The van der Waals surface area contributed by atoms with Crippen LogP contribution in [0.2, 0.25) is 5.02 Å². The van der Waals surface area contributed by atoms with Gasteiger partial charge in [-0.15, -0.1) is 0 Å². The predicted molar refractivity (Wildman–Crippen MR) is 95.1 cm³/mol. The number of thiocarbonyl (C=S) groups is 1. The molecule has 1 aromatic carbocycles. The zero-order valence-corrected chi connectivity index (χ0v) is 14.1. The Morgan fingerprint density at radius 3 is 2.52 bits per heavy atom. The number of anilines is 1. The number of hydrogen-bond donors (Lipinski definition) is 2. The SMILES string of the molecule is Fc1ccc(NC(=S)NC2(c3ccncc3)CCCC2)cc1Cl. The van der Waals surface area contributed by atoms with Gasteiger partial charge in [0.1, 0.15) is 5.82 Å². The molecule has 3 rings (SSSR count). The molecule has 0 aliphatic heterocycles. The van der Waals surface area contributed by atoms with Crippen LogP contribution >= 0.6 is 23.8 Å². The summed E-state index contributed by atoms with van der Waals surface area (Å²) >= 11 is 11.3. The molecule has 0 spiro atoms. The Labute approximate surface area is 145 Å². The van der Waals surface area contributed by atoms with Crippen LogP contribution in [-0.2, 0) is 5.54 Å².